The van der Waals surface area contributed by atoms with Crippen molar-refractivity contribution in [2.75, 3.05) is 13.1 Å². The molecule has 1 aliphatic heterocycles. The highest BCUT2D eigenvalue weighted by molar-refractivity contribution is 6.31. The summed E-state index contributed by atoms with van der Waals surface area (Å²) in [5.41, 5.74) is -0.0310. The lowest BCUT2D eigenvalue weighted by atomic mass is 9.95. The van der Waals surface area contributed by atoms with Gasteiger partial charge >= 0.3 is 5.69 Å². The SMILES string of the molecule is Cn1c(C2CCN(C(=O)C3CC3)CC2)nn(Cc2c(F)cccc2Cl)c1=O. The number of rotatable bonds is 4. The lowest BCUT2D eigenvalue weighted by molar-refractivity contribution is -0.133. The molecule has 1 aromatic heterocycles. The summed E-state index contributed by atoms with van der Waals surface area (Å²) in [5, 5.41) is 4.74. The first-order valence-corrected chi connectivity index (χ1v) is 9.69. The van der Waals surface area contributed by atoms with Gasteiger partial charge in [0.2, 0.25) is 5.91 Å². The van der Waals surface area contributed by atoms with Gasteiger partial charge in [0, 0.05) is 42.6 Å². The van der Waals surface area contributed by atoms with E-state index in [-0.39, 0.29) is 40.6 Å². The molecule has 1 aliphatic carbocycles. The van der Waals surface area contributed by atoms with Gasteiger partial charge in [-0.3, -0.25) is 9.36 Å². The number of carbonyl (C=O) groups excluding carboxylic acids is 1. The Hall–Kier alpha value is -2.15. The minimum absolute atomic E-state index is 0.00279. The fourth-order valence-electron chi connectivity index (χ4n) is 3.74. The number of amides is 1. The predicted octanol–water partition coefficient (Wildman–Crippen LogP) is 2.54. The number of hydrogen-bond acceptors (Lipinski definition) is 3. The molecular weight excluding hydrogens is 371 g/mol. The van der Waals surface area contributed by atoms with Crippen molar-refractivity contribution in [3.63, 3.8) is 0 Å². The van der Waals surface area contributed by atoms with Gasteiger partial charge in [-0.25, -0.2) is 13.9 Å². The van der Waals surface area contributed by atoms with E-state index in [1.165, 1.54) is 21.4 Å². The zero-order chi connectivity index (χ0) is 19.1. The molecule has 0 spiro atoms. The zero-order valence-corrected chi connectivity index (χ0v) is 16.0. The monoisotopic (exact) mass is 392 g/mol. The van der Waals surface area contributed by atoms with E-state index in [9.17, 15) is 14.0 Å². The third kappa shape index (κ3) is 3.52. The average molecular weight is 393 g/mol. The van der Waals surface area contributed by atoms with Crippen LogP contribution in [0.1, 0.15) is 43.0 Å². The standard InChI is InChI=1S/C19H22ClFN4O2/c1-23-17(12-7-9-24(10-8-12)18(26)13-5-6-13)22-25(19(23)27)11-14-15(20)3-2-4-16(14)21/h2-4,12-13H,5-11H2,1H3. The van der Waals surface area contributed by atoms with E-state index < -0.39 is 5.82 Å². The topological polar surface area (TPSA) is 60.1 Å². The first kappa shape index (κ1) is 18.2. The zero-order valence-electron chi connectivity index (χ0n) is 15.2. The maximum atomic E-state index is 14.0. The van der Waals surface area contributed by atoms with Gasteiger partial charge < -0.3 is 4.90 Å². The van der Waals surface area contributed by atoms with Crippen molar-refractivity contribution in [1.29, 1.82) is 0 Å². The fourth-order valence-corrected chi connectivity index (χ4v) is 3.97. The number of hydrogen-bond donors (Lipinski definition) is 0. The Morgan fingerprint density at radius 1 is 1.26 bits per heavy atom. The number of carbonyl (C=O) groups is 1. The van der Waals surface area contributed by atoms with Gasteiger partial charge in [0.25, 0.3) is 0 Å². The molecule has 2 heterocycles. The molecule has 1 amide bonds. The van der Waals surface area contributed by atoms with Crippen LogP contribution >= 0.6 is 11.6 Å². The van der Waals surface area contributed by atoms with Gasteiger partial charge in [0.15, 0.2) is 0 Å². The summed E-state index contributed by atoms with van der Waals surface area (Å²) in [6.45, 7) is 1.39. The number of likely N-dealkylation sites (tertiary alicyclic amines) is 1. The summed E-state index contributed by atoms with van der Waals surface area (Å²) < 4.78 is 16.8. The smallest absolute Gasteiger partial charge is 0.342 e. The van der Waals surface area contributed by atoms with Gasteiger partial charge in [0.05, 0.1) is 6.54 Å². The maximum Gasteiger partial charge on any atom is 0.345 e. The van der Waals surface area contributed by atoms with Crippen LogP contribution in [0.15, 0.2) is 23.0 Å². The number of benzene rings is 1. The summed E-state index contributed by atoms with van der Waals surface area (Å²) in [5.74, 6) is 0.848. The van der Waals surface area contributed by atoms with Crippen molar-refractivity contribution in [3.8, 4) is 0 Å². The van der Waals surface area contributed by atoms with E-state index in [4.69, 9.17) is 11.6 Å². The van der Waals surface area contributed by atoms with Crippen LogP contribution in [0.5, 0.6) is 0 Å². The van der Waals surface area contributed by atoms with Gasteiger partial charge in [-0.2, -0.15) is 5.10 Å². The van der Waals surface area contributed by atoms with E-state index in [1.807, 2.05) is 4.90 Å². The van der Waals surface area contributed by atoms with Gasteiger partial charge in [-0.1, -0.05) is 17.7 Å². The predicted molar refractivity (Wildman–Crippen MR) is 99.3 cm³/mol. The first-order chi connectivity index (χ1) is 13.0. The molecule has 1 saturated heterocycles. The Bertz CT molecular complexity index is 906. The van der Waals surface area contributed by atoms with Crippen LogP contribution in [-0.4, -0.2) is 38.2 Å². The molecule has 2 fully saturated rings. The number of piperidine rings is 1. The summed E-state index contributed by atoms with van der Waals surface area (Å²) in [4.78, 5) is 26.7. The van der Waals surface area contributed by atoms with E-state index in [0.29, 0.717) is 18.9 Å². The first-order valence-electron chi connectivity index (χ1n) is 9.31. The molecule has 27 heavy (non-hydrogen) atoms. The molecule has 2 aromatic rings. The second kappa shape index (κ2) is 7.11. The van der Waals surface area contributed by atoms with E-state index in [0.717, 1.165) is 25.7 Å². The summed E-state index contributed by atoms with van der Waals surface area (Å²) in [7, 11) is 1.69. The number of aromatic nitrogens is 3. The molecule has 144 valence electrons. The van der Waals surface area contributed by atoms with Crippen molar-refractivity contribution in [2.24, 2.45) is 13.0 Å². The minimum atomic E-state index is -0.450. The van der Waals surface area contributed by atoms with Crippen LogP contribution in [-0.2, 0) is 18.4 Å². The number of halogens is 2. The molecule has 6 nitrogen and oxygen atoms in total. The third-order valence-electron chi connectivity index (χ3n) is 5.54. The van der Waals surface area contributed by atoms with Gasteiger partial charge in [-0.15, -0.1) is 0 Å². The van der Waals surface area contributed by atoms with Crippen molar-refractivity contribution in [2.45, 2.75) is 38.1 Å². The summed E-state index contributed by atoms with van der Waals surface area (Å²) in [6.07, 6.45) is 3.58. The molecule has 0 atom stereocenters. The summed E-state index contributed by atoms with van der Waals surface area (Å²) in [6, 6.07) is 4.45. The molecule has 0 bridgehead atoms. The molecule has 2 aliphatic rings. The largest absolute Gasteiger partial charge is 0.345 e. The van der Waals surface area contributed by atoms with Crippen LogP contribution < -0.4 is 5.69 Å². The van der Waals surface area contributed by atoms with Crippen LogP contribution in [0, 0.1) is 11.7 Å². The van der Waals surface area contributed by atoms with Crippen LogP contribution in [0.25, 0.3) is 0 Å². The molecule has 4 rings (SSSR count). The Morgan fingerprint density at radius 3 is 2.59 bits per heavy atom. The molecule has 0 N–H and O–H groups in total. The molecule has 1 aromatic carbocycles. The molecule has 1 saturated carbocycles. The average Bonchev–Trinajstić information content (AvgIpc) is 3.47. The highest BCUT2D eigenvalue weighted by atomic mass is 35.5. The normalized spacial score (nSPS) is 18.1. The van der Waals surface area contributed by atoms with E-state index >= 15 is 0 Å². The second-order valence-electron chi connectivity index (χ2n) is 7.43. The fraction of sp³-hybridized carbons (Fsp3) is 0.526. The lowest BCUT2D eigenvalue weighted by Gasteiger charge is -2.31. The van der Waals surface area contributed by atoms with Crippen LogP contribution in [0.4, 0.5) is 4.39 Å². The second-order valence-corrected chi connectivity index (χ2v) is 7.84. The molecule has 0 radical (unpaired) electrons. The minimum Gasteiger partial charge on any atom is -0.342 e. The highest BCUT2D eigenvalue weighted by Crippen LogP contribution is 2.34. The van der Waals surface area contributed by atoms with Gasteiger partial charge in [0.1, 0.15) is 11.6 Å². The maximum absolute atomic E-state index is 14.0. The van der Waals surface area contributed by atoms with Crippen molar-refractivity contribution >= 4 is 17.5 Å². The lowest BCUT2D eigenvalue weighted by Crippen LogP contribution is -2.39. The van der Waals surface area contributed by atoms with E-state index in [1.54, 1.807) is 13.1 Å². The summed E-state index contributed by atoms with van der Waals surface area (Å²) >= 11 is 6.08. The Kier molecular flexibility index (Phi) is 4.80. The third-order valence-corrected chi connectivity index (χ3v) is 5.90. The molecule has 8 heteroatoms. The number of nitrogens with zero attached hydrogens (tertiary/aromatic N) is 4. The van der Waals surface area contributed by atoms with Crippen molar-refractivity contribution in [1.82, 2.24) is 19.2 Å². The van der Waals surface area contributed by atoms with Crippen molar-refractivity contribution < 1.29 is 9.18 Å². The quantitative estimate of drug-likeness (QED) is 0.803. The molecular formula is C19H22ClFN4O2. The van der Waals surface area contributed by atoms with E-state index in [2.05, 4.69) is 5.10 Å². The van der Waals surface area contributed by atoms with Crippen LogP contribution in [0.3, 0.4) is 0 Å². The van der Waals surface area contributed by atoms with Crippen molar-refractivity contribution in [3.05, 3.63) is 50.9 Å². The van der Waals surface area contributed by atoms with Gasteiger partial charge in [-0.05, 0) is 37.8 Å². The Morgan fingerprint density at radius 2 is 1.96 bits per heavy atom. The molecule has 0 unspecified atom stereocenters. The Balaban J connectivity index is 1.51. The highest BCUT2D eigenvalue weighted by Gasteiger charge is 2.36. The van der Waals surface area contributed by atoms with Crippen LogP contribution in [0.2, 0.25) is 5.02 Å². The Labute approximate surface area is 161 Å².